The number of benzene rings is 2. The monoisotopic (exact) mass is 589 g/mol. The molecular formula is C31H44ClN3O6. The van der Waals surface area contributed by atoms with E-state index >= 15 is 0 Å². The molecule has 4 N–H and O–H groups in total. The number of rotatable bonds is 11. The van der Waals surface area contributed by atoms with Crippen molar-refractivity contribution < 1.29 is 29.3 Å². The van der Waals surface area contributed by atoms with Crippen LogP contribution >= 0.6 is 11.6 Å². The van der Waals surface area contributed by atoms with Gasteiger partial charge in [0.2, 0.25) is 5.91 Å². The molecule has 0 aliphatic heterocycles. The maximum atomic E-state index is 14.2. The molecule has 0 radical (unpaired) electrons. The summed E-state index contributed by atoms with van der Waals surface area (Å²) < 4.78 is 5.31. The highest BCUT2D eigenvalue weighted by Crippen LogP contribution is 2.33. The van der Waals surface area contributed by atoms with Gasteiger partial charge in [-0.15, -0.1) is 0 Å². The molecule has 41 heavy (non-hydrogen) atoms. The number of hydrogen-bond acceptors (Lipinski definition) is 6. The molecule has 0 aromatic heterocycles. The highest BCUT2D eigenvalue weighted by molar-refractivity contribution is 6.34. The van der Waals surface area contributed by atoms with Crippen molar-refractivity contribution in [1.29, 1.82) is 0 Å². The van der Waals surface area contributed by atoms with Gasteiger partial charge in [0.15, 0.2) is 0 Å². The molecule has 2 rings (SSSR count). The van der Waals surface area contributed by atoms with E-state index in [4.69, 9.17) is 16.3 Å². The Morgan fingerprint density at radius 3 is 2.22 bits per heavy atom. The van der Waals surface area contributed by atoms with Crippen molar-refractivity contribution in [3.8, 4) is 5.75 Å². The maximum absolute atomic E-state index is 14.2. The Morgan fingerprint density at radius 1 is 1.02 bits per heavy atom. The Kier molecular flexibility index (Phi) is 12.0. The number of anilines is 1. The molecule has 226 valence electrons. The summed E-state index contributed by atoms with van der Waals surface area (Å²) in [5, 5.41) is 26.1. The van der Waals surface area contributed by atoms with E-state index in [-0.39, 0.29) is 5.75 Å². The molecule has 2 aromatic rings. The van der Waals surface area contributed by atoms with Crippen molar-refractivity contribution in [2.24, 2.45) is 5.92 Å². The summed E-state index contributed by atoms with van der Waals surface area (Å²) in [6, 6.07) is 6.89. The number of para-hydroxylation sites is 1. The molecule has 10 heteroatoms. The molecule has 0 spiro atoms. The first-order chi connectivity index (χ1) is 19.0. The van der Waals surface area contributed by atoms with Crippen molar-refractivity contribution in [1.82, 2.24) is 10.2 Å². The Bertz CT molecular complexity index is 1210. The lowest BCUT2D eigenvalue weighted by atomic mass is 9.96. The minimum Gasteiger partial charge on any atom is -0.508 e. The number of ether oxygens (including phenoxy) is 1. The fourth-order valence-corrected chi connectivity index (χ4v) is 4.67. The first-order valence-electron chi connectivity index (χ1n) is 13.8. The highest BCUT2D eigenvalue weighted by Gasteiger charge is 2.39. The summed E-state index contributed by atoms with van der Waals surface area (Å²) in [4.78, 5) is 42.3. The number of nitrogens with one attached hydrogen (secondary N) is 2. The van der Waals surface area contributed by atoms with Gasteiger partial charge in [0.25, 0.3) is 5.91 Å². The van der Waals surface area contributed by atoms with Gasteiger partial charge in [-0.2, -0.15) is 0 Å². The summed E-state index contributed by atoms with van der Waals surface area (Å²) in [5.41, 5.74) is 1.28. The summed E-state index contributed by atoms with van der Waals surface area (Å²) in [5.74, 6) is -0.821. The van der Waals surface area contributed by atoms with E-state index in [1.165, 1.54) is 11.0 Å². The summed E-state index contributed by atoms with van der Waals surface area (Å²) in [6.07, 6.45) is 0.452. The van der Waals surface area contributed by atoms with Crippen molar-refractivity contribution in [3.05, 3.63) is 58.1 Å². The van der Waals surface area contributed by atoms with Gasteiger partial charge in [-0.05, 0) is 95.2 Å². The normalized spacial score (nSPS) is 13.7. The third-order valence-corrected chi connectivity index (χ3v) is 6.91. The second-order valence-corrected chi connectivity index (χ2v) is 12.2. The molecule has 9 nitrogen and oxygen atoms in total. The van der Waals surface area contributed by atoms with E-state index in [9.17, 15) is 24.6 Å². The van der Waals surface area contributed by atoms with E-state index in [0.717, 1.165) is 12.0 Å². The van der Waals surface area contributed by atoms with Gasteiger partial charge in [-0.25, -0.2) is 4.79 Å². The van der Waals surface area contributed by atoms with E-state index in [1.54, 1.807) is 52.0 Å². The molecule has 3 unspecified atom stereocenters. The molecule has 0 heterocycles. The van der Waals surface area contributed by atoms with Crippen LogP contribution in [-0.4, -0.2) is 57.3 Å². The third-order valence-electron chi connectivity index (χ3n) is 6.60. The average Bonchev–Trinajstić information content (AvgIpc) is 2.86. The smallest absolute Gasteiger partial charge is 0.408 e. The number of hydrogen-bond donors (Lipinski definition) is 4. The molecule has 0 saturated heterocycles. The second-order valence-electron chi connectivity index (χ2n) is 11.8. The highest BCUT2D eigenvalue weighted by atomic mass is 35.5. The number of carbonyl (C=O) groups is 3. The van der Waals surface area contributed by atoms with Crippen molar-refractivity contribution in [3.63, 3.8) is 0 Å². The topological polar surface area (TPSA) is 128 Å². The van der Waals surface area contributed by atoms with Crippen LogP contribution in [0.1, 0.15) is 77.1 Å². The van der Waals surface area contributed by atoms with Crippen LogP contribution < -0.4 is 10.6 Å². The number of aliphatic hydroxyl groups is 1. The number of aromatic hydroxyl groups is 1. The number of nitrogens with zero attached hydrogens (tertiary/aromatic N) is 1. The predicted octanol–water partition coefficient (Wildman–Crippen LogP) is 5.88. The molecular weight excluding hydrogens is 546 g/mol. The lowest BCUT2D eigenvalue weighted by Crippen LogP contribution is -2.56. The molecule has 3 amide bonds. The van der Waals surface area contributed by atoms with Gasteiger partial charge in [-0.3, -0.25) is 9.59 Å². The molecule has 0 saturated carbocycles. The minimum atomic E-state index is -1.37. The van der Waals surface area contributed by atoms with Crippen molar-refractivity contribution >= 4 is 35.2 Å². The number of aryl methyl sites for hydroxylation is 2. The summed E-state index contributed by atoms with van der Waals surface area (Å²) in [6.45, 7) is 13.8. The first-order valence-corrected chi connectivity index (χ1v) is 14.2. The minimum absolute atomic E-state index is 0.0421. The number of carbonyl (C=O) groups excluding carboxylic acids is 3. The van der Waals surface area contributed by atoms with Crippen LogP contribution in [0.5, 0.6) is 5.75 Å². The fraction of sp³-hybridized carbons (Fsp3) is 0.516. The van der Waals surface area contributed by atoms with E-state index in [1.807, 2.05) is 19.9 Å². The van der Waals surface area contributed by atoms with Crippen LogP contribution in [-0.2, 0) is 14.3 Å². The fourth-order valence-electron chi connectivity index (χ4n) is 4.40. The standard InChI is InChI=1S/C31H44ClN3O6/c1-18(2)12-13-21(5)35(29(39)24(17-36)33-30(40)41-31(6,7)8)27(22-14-15-25(37)20(4)16-22)28(38)34-26-19(3)10-9-11-23(26)32/h9-11,14-16,18,21,24,27,36-37H,12-13,17H2,1-8H3,(H,33,40)(H,34,38). The average molecular weight is 590 g/mol. The van der Waals surface area contributed by atoms with Crippen LogP contribution in [0, 0.1) is 19.8 Å². The van der Waals surface area contributed by atoms with Crippen LogP contribution in [0.4, 0.5) is 10.5 Å². The predicted molar refractivity (Wildman–Crippen MR) is 161 cm³/mol. The number of halogens is 1. The molecule has 3 atom stereocenters. The van der Waals surface area contributed by atoms with Crippen LogP contribution in [0.15, 0.2) is 36.4 Å². The van der Waals surface area contributed by atoms with Crippen LogP contribution in [0.25, 0.3) is 0 Å². The molecule has 0 bridgehead atoms. The molecule has 0 aliphatic carbocycles. The third kappa shape index (κ3) is 9.64. The lowest BCUT2D eigenvalue weighted by molar-refractivity contribution is -0.144. The van der Waals surface area contributed by atoms with Gasteiger partial charge >= 0.3 is 6.09 Å². The van der Waals surface area contributed by atoms with Gasteiger partial charge in [0, 0.05) is 6.04 Å². The van der Waals surface area contributed by atoms with Gasteiger partial charge in [-0.1, -0.05) is 43.6 Å². The zero-order valence-corrected chi connectivity index (χ0v) is 26.0. The number of phenolic OH excluding ortho intramolecular Hbond substituents is 1. The quantitative estimate of drug-likeness (QED) is 0.259. The maximum Gasteiger partial charge on any atom is 0.408 e. The number of phenols is 1. The summed E-state index contributed by atoms with van der Waals surface area (Å²) in [7, 11) is 0. The first kappa shape index (κ1) is 33.9. The second kappa shape index (κ2) is 14.5. The van der Waals surface area contributed by atoms with Crippen molar-refractivity contribution in [2.75, 3.05) is 11.9 Å². The molecule has 2 aromatic carbocycles. The van der Waals surface area contributed by atoms with Gasteiger partial charge < -0.3 is 30.5 Å². The largest absolute Gasteiger partial charge is 0.508 e. The van der Waals surface area contributed by atoms with E-state index in [0.29, 0.717) is 34.2 Å². The zero-order chi connectivity index (χ0) is 31.1. The number of aliphatic hydroxyl groups excluding tert-OH is 1. The number of alkyl carbamates (subject to hydrolysis) is 1. The SMILES string of the molecule is Cc1cc(C(C(=O)Nc2c(C)cccc2Cl)N(C(=O)C(CO)NC(=O)OC(C)(C)C)C(C)CCC(C)C)ccc1O. The molecule has 0 aliphatic rings. The van der Waals surface area contributed by atoms with Gasteiger partial charge in [0.1, 0.15) is 23.4 Å². The van der Waals surface area contributed by atoms with E-state index in [2.05, 4.69) is 24.5 Å². The lowest BCUT2D eigenvalue weighted by Gasteiger charge is -2.38. The molecule has 0 fully saturated rings. The van der Waals surface area contributed by atoms with E-state index < -0.39 is 48.2 Å². The Morgan fingerprint density at radius 2 is 1.68 bits per heavy atom. The Hall–Kier alpha value is -3.30. The summed E-state index contributed by atoms with van der Waals surface area (Å²) >= 11 is 6.42. The Labute approximate surface area is 248 Å². The van der Waals surface area contributed by atoms with Crippen LogP contribution in [0.2, 0.25) is 5.02 Å². The van der Waals surface area contributed by atoms with Crippen molar-refractivity contribution in [2.45, 2.75) is 92.0 Å². The number of amides is 3. The van der Waals surface area contributed by atoms with Crippen LogP contribution in [0.3, 0.4) is 0 Å². The van der Waals surface area contributed by atoms with Gasteiger partial charge in [0.05, 0.1) is 17.3 Å². The zero-order valence-electron chi connectivity index (χ0n) is 25.2. The Balaban J connectivity index is 2.65.